The average Bonchev–Trinajstić information content (AvgIpc) is 3.27. The minimum absolute atomic E-state index is 0.0687. The van der Waals surface area contributed by atoms with Gasteiger partial charge in [0.15, 0.2) is 0 Å². The highest BCUT2D eigenvalue weighted by Gasteiger charge is 2.44. The first kappa shape index (κ1) is 17.8. The summed E-state index contributed by atoms with van der Waals surface area (Å²) in [6.45, 7) is 1.93. The molecule has 1 atom stereocenters. The molecule has 2 aromatic carbocycles. The van der Waals surface area contributed by atoms with Gasteiger partial charge in [-0.25, -0.2) is 17.2 Å². The first-order chi connectivity index (χ1) is 13.4. The van der Waals surface area contributed by atoms with Crippen LogP contribution in [0.4, 0.5) is 8.78 Å². The topological polar surface area (TPSA) is 68.5 Å². The number of nitrogens with one attached hydrogen (secondary N) is 1. The summed E-state index contributed by atoms with van der Waals surface area (Å²) in [6, 6.07) is 6.84. The number of hydrogen-bond acceptors (Lipinski definition) is 5. The maximum atomic E-state index is 13.5. The Bertz CT molecular complexity index is 1180. The van der Waals surface area contributed by atoms with E-state index in [1.165, 1.54) is 12.1 Å². The summed E-state index contributed by atoms with van der Waals surface area (Å²) in [5.41, 5.74) is 1.12. The van der Waals surface area contributed by atoms with Crippen molar-refractivity contribution >= 4 is 20.8 Å². The molecule has 0 amide bonds. The van der Waals surface area contributed by atoms with Crippen molar-refractivity contribution in [1.29, 1.82) is 0 Å². The summed E-state index contributed by atoms with van der Waals surface area (Å²) < 4.78 is 64.4. The molecule has 1 spiro atoms. The van der Waals surface area contributed by atoms with Crippen molar-refractivity contribution in [2.75, 3.05) is 19.8 Å². The number of benzene rings is 2. The van der Waals surface area contributed by atoms with Gasteiger partial charge < -0.3 is 14.5 Å². The van der Waals surface area contributed by atoms with E-state index in [1.807, 2.05) is 0 Å². The van der Waals surface area contributed by atoms with Crippen LogP contribution < -0.4 is 5.32 Å². The summed E-state index contributed by atoms with van der Waals surface area (Å²) in [6.07, 6.45) is 1.55. The molecule has 0 saturated carbocycles. The maximum Gasteiger partial charge on any atom is 0.206 e. The van der Waals surface area contributed by atoms with Gasteiger partial charge in [-0.05, 0) is 37.1 Å². The highest BCUT2D eigenvalue weighted by molar-refractivity contribution is 7.91. The summed E-state index contributed by atoms with van der Waals surface area (Å²) >= 11 is 0. The fourth-order valence-electron chi connectivity index (χ4n) is 4.14. The van der Waals surface area contributed by atoms with Crippen molar-refractivity contribution in [1.82, 2.24) is 5.32 Å². The van der Waals surface area contributed by atoms with Gasteiger partial charge in [-0.1, -0.05) is 0 Å². The van der Waals surface area contributed by atoms with Crippen LogP contribution in [-0.2, 0) is 26.5 Å². The normalized spacial score (nSPS) is 22.1. The Labute approximate surface area is 160 Å². The summed E-state index contributed by atoms with van der Waals surface area (Å²) in [4.78, 5) is -0.497. The Morgan fingerprint density at radius 2 is 1.82 bits per heavy atom. The molecule has 2 aliphatic rings. The number of halogens is 2. The minimum Gasteiger partial charge on any atom is -0.459 e. The third kappa shape index (κ3) is 2.59. The molecule has 8 heteroatoms. The molecule has 5 nitrogen and oxygen atoms in total. The number of rotatable bonds is 2. The zero-order valence-electron chi connectivity index (χ0n) is 14.8. The summed E-state index contributed by atoms with van der Waals surface area (Å²) in [5.74, 6) is -1.10. The Morgan fingerprint density at radius 1 is 1.04 bits per heavy atom. The lowest BCUT2D eigenvalue weighted by Crippen LogP contribution is -2.47. The van der Waals surface area contributed by atoms with Crippen LogP contribution >= 0.6 is 0 Å². The van der Waals surface area contributed by atoms with Gasteiger partial charge in [0, 0.05) is 36.2 Å². The van der Waals surface area contributed by atoms with E-state index in [1.54, 1.807) is 6.07 Å². The van der Waals surface area contributed by atoms with Gasteiger partial charge in [-0.2, -0.15) is 0 Å². The molecular formula is C20H17F2NO4S. The molecule has 1 unspecified atom stereocenters. The quantitative estimate of drug-likeness (QED) is 0.709. The number of ether oxygens (including phenoxy) is 1. The van der Waals surface area contributed by atoms with E-state index >= 15 is 0 Å². The summed E-state index contributed by atoms with van der Waals surface area (Å²) in [5, 5.41) is 4.33. The van der Waals surface area contributed by atoms with Gasteiger partial charge in [-0.15, -0.1) is 0 Å². The van der Waals surface area contributed by atoms with E-state index in [0.717, 1.165) is 48.2 Å². The highest BCUT2D eigenvalue weighted by Crippen LogP contribution is 2.41. The Kier molecular flexibility index (Phi) is 3.88. The van der Waals surface area contributed by atoms with Gasteiger partial charge >= 0.3 is 0 Å². The van der Waals surface area contributed by atoms with Crippen LogP contribution in [0.5, 0.6) is 0 Å². The van der Waals surface area contributed by atoms with Crippen LogP contribution in [0, 0.1) is 11.6 Å². The van der Waals surface area contributed by atoms with E-state index in [-0.39, 0.29) is 10.4 Å². The van der Waals surface area contributed by atoms with Crippen molar-refractivity contribution in [2.45, 2.75) is 28.2 Å². The largest absolute Gasteiger partial charge is 0.459 e. The van der Waals surface area contributed by atoms with Gasteiger partial charge in [0.1, 0.15) is 28.5 Å². The highest BCUT2D eigenvalue weighted by atomic mass is 32.2. The molecule has 3 heterocycles. The van der Waals surface area contributed by atoms with Crippen molar-refractivity contribution < 1.29 is 26.4 Å². The van der Waals surface area contributed by atoms with E-state index in [2.05, 4.69) is 5.32 Å². The van der Waals surface area contributed by atoms with Crippen LogP contribution in [0.15, 0.2) is 50.6 Å². The molecule has 0 aliphatic carbocycles. The predicted octanol–water partition coefficient (Wildman–Crippen LogP) is 3.31. The lowest BCUT2D eigenvalue weighted by Gasteiger charge is -2.31. The van der Waals surface area contributed by atoms with Crippen LogP contribution in [0.2, 0.25) is 0 Å². The molecule has 1 N–H and O–H groups in total. The summed E-state index contributed by atoms with van der Waals surface area (Å²) in [7, 11) is -4.08. The minimum atomic E-state index is -4.08. The lowest BCUT2D eigenvalue weighted by atomic mass is 9.87. The van der Waals surface area contributed by atoms with Gasteiger partial charge in [-0.3, -0.25) is 0 Å². The van der Waals surface area contributed by atoms with Crippen LogP contribution in [0.3, 0.4) is 0 Å². The van der Waals surface area contributed by atoms with Crippen molar-refractivity contribution in [3.63, 3.8) is 0 Å². The second-order valence-electron chi connectivity index (χ2n) is 7.24. The molecule has 1 saturated heterocycles. The molecule has 5 rings (SSSR count). The zero-order valence-corrected chi connectivity index (χ0v) is 15.6. The van der Waals surface area contributed by atoms with E-state index < -0.39 is 26.4 Å². The third-order valence-corrected chi connectivity index (χ3v) is 7.25. The number of hydrogen-bond donors (Lipinski definition) is 1. The van der Waals surface area contributed by atoms with Gasteiger partial charge in [0.05, 0.1) is 16.4 Å². The first-order valence-electron chi connectivity index (χ1n) is 8.99. The van der Waals surface area contributed by atoms with E-state index in [0.29, 0.717) is 24.9 Å². The smallest absolute Gasteiger partial charge is 0.206 e. The monoisotopic (exact) mass is 405 g/mol. The van der Waals surface area contributed by atoms with Crippen LogP contribution in [0.1, 0.15) is 17.7 Å². The molecule has 1 fully saturated rings. The molecule has 2 aliphatic heterocycles. The molecule has 28 heavy (non-hydrogen) atoms. The van der Waals surface area contributed by atoms with Crippen molar-refractivity contribution in [3.8, 4) is 0 Å². The molecular weight excluding hydrogens is 388 g/mol. The van der Waals surface area contributed by atoms with E-state index in [4.69, 9.17) is 9.15 Å². The first-order valence-corrected chi connectivity index (χ1v) is 10.5. The number of sulfone groups is 1. The third-order valence-electron chi connectivity index (χ3n) is 5.52. The number of fused-ring (bicyclic) bond motifs is 4. The molecule has 3 aromatic rings. The second kappa shape index (κ2) is 6.10. The average molecular weight is 405 g/mol. The molecule has 0 bridgehead atoms. The zero-order chi connectivity index (χ0) is 19.5. The van der Waals surface area contributed by atoms with Crippen LogP contribution in [-0.4, -0.2) is 28.2 Å². The SMILES string of the molecule is O=S(=O)(c1cc(F)cc(F)c1)c1ccc2c3c(oc2c1)C1(CCOC1)NCC3. The molecule has 1 aromatic heterocycles. The van der Waals surface area contributed by atoms with Crippen molar-refractivity contribution in [3.05, 3.63) is 59.4 Å². The number of furan rings is 1. The maximum absolute atomic E-state index is 13.5. The second-order valence-corrected chi connectivity index (χ2v) is 9.19. The van der Waals surface area contributed by atoms with Gasteiger partial charge in [0.2, 0.25) is 9.84 Å². The standard InChI is InChI=1S/C20H17F2NO4S/c21-12-7-13(22)9-15(8-12)28(24,25)14-1-2-16-17-3-5-23-20(4-6-26-11-20)19(17)27-18(16)10-14/h1-2,7-10,23H,3-6,11H2. The van der Waals surface area contributed by atoms with Crippen molar-refractivity contribution in [2.24, 2.45) is 0 Å². The Morgan fingerprint density at radius 3 is 2.54 bits per heavy atom. The lowest BCUT2D eigenvalue weighted by molar-refractivity contribution is 0.153. The molecule has 0 radical (unpaired) electrons. The van der Waals surface area contributed by atoms with E-state index in [9.17, 15) is 17.2 Å². The predicted molar refractivity (Wildman–Crippen MR) is 96.8 cm³/mol. The fourth-order valence-corrected chi connectivity index (χ4v) is 5.46. The molecule has 146 valence electrons. The fraction of sp³-hybridized carbons (Fsp3) is 0.300. The Hall–Kier alpha value is -2.29. The van der Waals surface area contributed by atoms with Crippen LogP contribution in [0.25, 0.3) is 11.0 Å². The Balaban J connectivity index is 1.65. The van der Waals surface area contributed by atoms with Gasteiger partial charge in [0.25, 0.3) is 0 Å².